The fraction of sp³-hybridized carbons (Fsp3) is 0.947. The van der Waals surface area contributed by atoms with Crippen molar-refractivity contribution in [1.29, 1.82) is 0 Å². The molecule has 0 heterocycles. The van der Waals surface area contributed by atoms with Gasteiger partial charge in [-0.25, -0.2) is 0 Å². The van der Waals surface area contributed by atoms with Crippen LogP contribution in [0.3, 0.4) is 0 Å². The van der Waals surface area contributed by atoms with Crippen LogP contribution < -0.4 is 5.84 Å². The molecule has 0 unspecified atom stereocenters. The highest BCUT2D eigenvalue weighted by Gasteiger charge is 2.59. The third kappa shape index (κ3) is 1.87. The second-order valence-electron chi connectivity index (χ2n) is 9.16. The van der Waals surface area contributed by atoms with Gasteiger partial charge in [-0.2, -0.15) is 5.10 Å². The summed E-state index contributed by atoms with van der Waals surface area (Å²) in [5.74, 6) is 9.00. The molecule has 4 aliphatic rings. The van der Waals surface area contributed by atoms with Crippen LogP contribution >= 0.6 is 0 Å². The summed E-state index contributed by atoms with van der Waals surface area (Å²) in [5.41, 5.74) is 2.06. The first-order valence-electron chi connectivity index (χ1n) is 9.44. The zero-order chi connectivity index (χ0) is 15.5. The summed E-state index contributed by atoms with van der Waals surface area (Å²) in [6.45, 7) is 4.99. The van der Waals surface area contributed by atoms with Crippen molar-refractivity contribution >= 4 is 5.71 Å². The number of nitrogens with zero attached hydrogens (tertiary/aromatic N) is 1. The molecule has 0 radical (unpaired) electrons. The minimum atomic E-state index is -0.0362. The topological polar surface area (TPSA) is 58.6 Å². The first-order chi connectivity index (χ1) is 10.5. The van der Waals surface area contributed by atoms with E-state index in [-0.39, 0.29) is 11.5 Å². The van der Waals surface area contributed by atoms with E-state index in [0.29, 0.717) is 5.41 Å². The van der Waals surface area contributed by atoms with Gasteiger partial charge in [-0.1, -0.05) is 13.8 Å². The Labute approximate surface area is 134 Å². The molecule has 7 atom stereocenters. The minimum Gasteiger partial charge on any atom is -0.393 e. The molecule has 0 saturated heterocycles. The summed E-state index contributed by atoms with van der Waals surface area (Å²) >= 11 is 0. The SMILES string of the molecule is C[C@]12CC[C@@H](O)C[C@@H]1CC[C@@H]1[C@H]3CC/C(=N\N)[C@@]3(C)CC[C@@H]12. The predicted molar refractivity (Wildman–Crippen MR) is 89.4 cm³/mol. The van der Waals surface area contributed by atoms with Gasteiger partial charge in [0.15, 0.2) is 0 Å². The van der Waals surface area contributed by atoms with E-state index in [0.717, 1.165) is 42.9 Å². The molecular formula is C19H32N2O. The largest absolute Gasteiger partial charge is 0.393 e. The maximum absolute atomic E-state index is 10.1. The molecule has 3 heteroatoms. The molecule has 4 rings (SSSR count). The van der Waals surface area contributed by atoms with Crippen LogP contribution in [0.5, 0.6) is 0 Å². The summed E-state index contributed by atoms with van der Waals surface area (Å²) in [6, 6.07) is 0. The molecule has 0 aromatic rings. The van der Waals surface area contributed by atoms with Crippen LogP contribution in [-0.4, -0.2) is 16.9 Å². The number of aliphatic hydroxyl groups is 1. The van der Waals surface area contributed by atoms with Gasteiger partial charge in [-0.3, -0.25) is 0 Å². The van der Waals surface area contributed by atoms with Gasteiger partial charge in [-0.15, -0.1) is 0 Å². The van der Waals surface area contributed by atoms with E-state index < -0.39 is 0 Å². The highest BCUT2D eigenvalue weighted by Crippen LogP contribution is 2.65. The Bertz CT molecular complexity index is 490. The molecule has 124 valence electrons. The summed E-state index contributed by atoms with van der Waals surface area (Å²) in [5, 5.41) is 14.3. The van der Waals surface area contributed by atoms with Crippen molar-refractivity contribution < 1.29 is 5.11 Å². The molecule has 0 aromatic heterocycles. The first kappa shape index (κ1) is 15.0. The van der Waals surface area contributed by atoms with E-state index in [4.69, 9.17) is 5.84 Å². The molecule has 0 aliphatic heterocycles. The third-order valence-corrected chi connectivity index (χ3v) is 8.53. The average Bonchev–Trinajstić information content (AvgIpc) is 2.84. The van der Waals surface area contributed by atoms with Crippen molar-refractivity contribution in [3.05, 3.63) is 0 Å². The van der Waals surface area contributed by atoms with Gasteiger partial charge in [0.2, 0.25) is 0 Å². The molecule has 4 fully saturated rings. The second-order valence-corrected chi connectivity index (χ2v) is 9.16. The maximum Gasteiger partial charge on any atom is 0.0543 e. The standard InChI is InChI=1S/C19H32N2O/c1-18-9-7-13(22)11-12(18)3-4-14-15-5-6-17(21-20)19(15,2)10-8-16(14)18/h12-16,22H,3-11,20H2,1-2H3/b21-17+/t12-,13+,14+,15+,16-,18-,19-/m0/s1. The number of hydrogen-bond donors (Lipinski definition) is 2. The van der Waals surface area contributed by atoms with Crippen molar-refractivity contribution in [2.45, 2.75) is 77.7 Å². The van der Waals surface area contributed by atoms with Gasteiger partial charge in [0.25, 0.3) is 0 Å². The molecule has 4 aliphatic carbocycles. The molecule has 0 spiro atoms. The summed E-state index contributed by atoms with van der Waals surface area (Å²) < 4.78 is 0. The number of hydrazone groups is 1. The van der Waals surface area contributed by atoms with E-state index in [9.17, 15) is 5.11 Å². The zero-order valence-corrected chi connectivity index (χ0v) is 14.2. The number of aliphatic hydroxyl groups excluding tert-OH is 1. The lowest BCUT2D eigenvalue weighted by molar-refractivity contribution is -0.113. The van der Waals surface area contributed by atoms with Crippen LogP contribution in [0, 0.1) is 34.5 Å². The Morgan fingerprint density at radius 2 is 1.86 bits per heavy atom. The number of hydrogen-bond acceptors (Lipinski definition) is 3. The maximum atomic E-state index is 10.1. The van der Waals surface area contributed by atoms with Crippen LogP contribution in [0.4, 0.5) is 0 Å². The first-order valence-corrected chi connectivity index (χ1v) is 9.44. The Hall–Kier alpha value is -0.570. The Morgan fingerprint density at radius 1 is 1.05 bits per heavy atom. The van der Waals surface area contributed by atoms with E-state index in [1.807, 2.05) is 0 Å². The monoisotopic (exact) mass is 304 g/mol. The van der Waals surface area contributed by atoms with Crippen molar-refractivity contribution in [2.75, 3.05) is 0 Å². The normalized spacial score (nSPS) is 56.3. The lowest BCUT2D eigenvalue weighted by atomic mass is 9.45. The van der Waals surface area contributed by atoms with E-state index in [1.54, 1.807) is 0 Å². The summed E-state index contributed by atoms with van der Waals surface area (Å²) in [7, 11) is 0. The third-order valence-electron chi connectivity index (χ3n) is 8.53. The summed E-state index contributed by atoms with van der Waals surface area (Å²) in [6.07, 6.45) is 11.0. The summed E-state index contributed by atoms with van der Waals surface area (Å²) in [4.78, 5) is 0. The van der Waals surface area contributed by atoms with Gasteiger partial charge in [0, 0.05) is 11.1 Å². The van der Waals surface area contributed by atoms with Crippen molar-refractivity contribution in [2.24, 2.45) is 45.4 Å². The molecule has 0 amide bonds. The van der Waals surface area contributed by atoms with Gasteiger partial charge >= 0.3 is 0 Å². The fourth-order valence-electron chi connectivity index (χ4n) is 7.24. The van der Waals surface area contributed by atoms with Gasteiger partial charge in [0.1, 0.15) is 0 Å². The van der Waals surface area contributed by atoms with Crippen LogP contribution in [0.15, 0.2) is 5.10 Å². The van der Waals surface area contributed by atoms with Crippen molar-refractivity contribution in [3.8, 4) is 0 Å². The van der Waals surface area contributed by atoms with Crippen molar-refractivity contribution in [3.63, 3.8) is 0 Å². The number of fused-ring (bicyclic) bond motifs is 5. The van der Waals surface area contributed by atoms with Crippen LogP contribution in [0.2, 0.25) is 0 Å². The number of nitrogens with two attached hydrogens (primary N) is 1. The quantitative estimate of drug-likeness (QED) is 0.529. The van der Waals surface area contributed by atoms with E-state index >= 15 is 0 Å². The Morgan fingerprint density at radius 3 is 2.64 bits per heavy atom. The highest BCUT2D eigenvalue weighted by molar-refractivity contribution is 5.92. The lowest BCUT2D eigenvalue weighted by Gasteiger charge is -2.60. The molecule has 3 N–H and O–H groups in total. The Balaban J connectivity index is 1.63. The van der Waals surface area contributed by atoms with Crippen LogP contribution in [0.25, 0.3) is 0 Å². The number of rotatable bonds is 0. The smallest absolute Gasteiger partial charge is 0.0543 e. The lowest BCUT2D eigenvalue weighted by Crippen LogP contribution is -2.54. The molecule has 0 aromatic carbocycles. The van der Waals surface area contributed by atoms with E-state index in [2.05, 4.69) is 18.9 Å². The van der Waals surface area contributed by atoms with Crippen LogP contribution in [0.1, 0.15) is 71.6 Å². The van der Waals surface area contributed by atoms with Crippen LogP contribution in [-0.2, 0) is 0 Å². The molecule has 0 bridgehead atoms. The van der Waals surface area contributed by atoms with Crippen molar-refractivity contribution in [1.82, 2.24) is 0 Å². The minimum absolute atomic E-state index is 0.0362. The highest BCUT2D eigenvalue weighted by atomic mass is 16.3. The molecular weight excluding hydrogens is 272 g/mol. The molecule has 4 saturated carbocycles. The van der Waals surface area contributed by atoms with E-state index in [1.165, 1.54) is 44.2 Å². The zero-order valence-electron chi connectivity index (χ0n) is 14.2. The van der Waals surface area contributed by atoms with Gasteiger partial charge in [-0.05, 0) is 86.9 Å². The molecule has 22 heavy (non-hydrogen) atoms. The second kappa shape index (κ2) is 4.96. The van der Waals surface area contributed by atoms with Gasteiger partial charge < -0.3 is 10.9 Å². The average molecular weight is 304 g/mol. The molecule has 3 nitrogen and oxygen atoms in total. The Kier molecular flexibility index (Phi) is 3.38. The van der Waals surface area contributed by atoms with Gasteiger partial charge in [0.05, 0.1) is 6.10 Å². The fourth-order valence-corrected chi connectivity index (χ4v) is 7.24. The predicted octanol–water partition coefficient (Wildman–Crippen LogP) is 3.70.